The number of amides is 1. The summed E-state index contributed by atoms with van der Waals surface area (Å²) in [5.74, 6) is -1.21. The summed E-state index contributed by atoms with van der Waals surface area (Å²) < 4.78 is 20.2. The Labute approximate surface area is 196 Å². The second-order valence-corrected chi connectivity index (χ2v) is 8.56. The van der Waals surface area contributed by atoms with Crippen LogP contribution in [0.4, 0.5) is 10.1 Å². The predicted molar refractivity (Wildman–Crippen MR) is 128 cm³/mol. The van der Waals surface area contributed by atoms with Gasteiger partial charge in [0.25, 0.3) is 0 Å². The number of benzene rings is 2. The number of hydrogen-bond acceptors (Lipinski definition) is 6. The third kappa shape index (κ3) is 4.71. The number of nitrogens with zero attached hydrogens (tertiary/aromatic N) is 2. The molecule has 6 nitrogen and oxygen atoms in total. The molecule has 0 saturated carbocycles. The fourth-order valence-electron chi connectivity index (χ4n) is 3.84. The quantitative estimate of drug-likeness (QED) is 0.586. The van der Waals surface area contributed by atoms with E-state index in [0.717, 1.165) is 5.56 Å². The molecule has 0 aromatic heterocycles. The number of halogens is 1. The van der Waals surface area contributed by atoms with Gasteiger partial charge in [0.15, 0.2) is 5.17 Å². The highest BCUT2D eigenvalue weighted by Gasteiger charge is 2.42. The zero-order valence-electron chi connectivity index (χ0n) is 18.6. The van der Waals surface area contributed by atoms with Gasteiger partial charge < -0.3 is 15.0 Å². The van der Waals surface area contributed by atoms with Gasteiger partial charge in [0.05, 0.1) is 30.3 Å². The largest absolute Gasteiger partial charge is 0.463 e. The normalized spacial score (nSPS) is 17.3. The lowest BCUT2D eigenvalue weighted by Gasteiger charge is -2.36. The number of carbonyl (C=O) groups excluding carboxylic acids is 2. The average molecular weight is 466 g/mol. The van der Waals surface area contributed by atoms with E-state index in [1.54, 1.807) is 36.9 Å². The summed E-state index contributed by atoms with van der Waals surface area (Å²) in [7, 11) is 0. The van der Waals surface area contributed by atoms with Crippen molar-refractivity contribution in [2.24, 2.45) is 4.99 Å². The molecule has 2 aliphatic heterocycles. The van der Waals surface area contributed by atoms with Gasteiger partial charge in [-0.15, -0.1) is 0 Å². The van der Waals surface area contributed by atoms with Crippen molar-refractivity contribution in [1.29, 1.82) is 0 Å². The molecule has 0 fully saturated rings. The molecule has 0 spiro atoms. The molecule has 2 aromatic rings. The smallest absolute Gasteiger partial charge is 0.338 e. The Balaban J connectivity index is 1.67. The van der Waals surface area contributed by atoms with Crippen LogP contribution < -0.4 is 5.32 Å². The van der Waals surface area contributed by atoms with Crippen LogP contribution in [0.25, 0.3) is 0 Å². The number of nitrogens with one attached hydrogen (secondary N) is 1. The van der Waals surface area contributed by atoms with E-state index < -0.39 is 17.8 Å². The van der Waals surface area contributed by atoms with Crippen LogP contribution in [-0.4, -0.2) is 28.6 Å². The topological polar surface area (TPSA) is 71.0 Å². The van der Waals surface area contributed by atoms with Crippen LogP contribution in [0, 0.1) is 12.7 Å². The number of hydrogen-bond donors (Lipinski definition) is 1. The van der Waals surface area contributed by atoms with Gasteiger partial charge in [0.1, 0.15) is 5.82 Å². The molecule has 170 valence electrons. The molecule has 8 heteroatoms. The van der Waals surface area contributed by atoms with Crippen molar-refractivity contribution in [3.63, 3.8) is 0 Å². The number of allylic oxidation sites excluding steroid dienone is 1. The van der Waals surface area contributed by atoms with Crippen LogP contribution in [0.3, 0.4) is 0 Å². The van der Waals surface area contributed by atoms with E-state index in [0.29, 0.717) is 27.8 Å². The number of carbonyl (C=O) groups is 2. The van der Waals surface area contributed by atoms with Gasteiger partial charge in [-0.1, -0.05) is 47.7 Å². The van der Waals surface area contributed by atoms with Crippen molar-refractivity contribution >= 4 is 34.5 Å². The van der Waals surface area contributed by atoms with E-state index in [4.69, 9.17) is 4.74 Å². The van der Waals surface area contributed by atoms with Crippen LogP contribution in [-0.2, 0) is 14.3 Å². The lowest BCUT2D eigenvalue weighted by Crippen LogP contribution is -2.38. The van der Waals surface area contributed by atoms with Crippen LogP contribution in [0.2, 0.25) is 0 Å². The highest BCUT2D eigenvalue weighted by molar-refractivity contribution is 8.16. The van der Waals surface area contributed by atoms with Gasteiger partial charge in [-0.05, 0) is 44.4 Å². The minimum Gasteiger partial charge on any atom is -0.463 e. The molecule has 0 aliphatic carbocycles. The van der Waals surface area contributed by atoms with Gasteiger partial charge in [0, 0.05) is 16.9 Å². The van der Waals surface area contributed by atoms with E-state index in [2.05, 4.69) is 10.3 Å². The molecule has 2 aliphatic rings. The molecule has 1 amide bonds. The number of aryl methyl sites for hydroxylation is 1. The van der Waals surface area contributed by atoms with Gasteiger partial charge >= 0.3 is 5.97 Å². The molecule has 1 unspecified atom stereocenters. The van der Waals surface area contributed by atoms with Crippen molar-refractivity contribution < 1.29 is 18.7 Å². The first-order valence-electron chi connectivity index (χ1n) is 10.6. The molecular weight excluding hydrogens is 441 g/mol. The molecule has 1 N–H and O–H groups in total. The Kier molecular flexibility index (Phi) is 6.65. The third-order valence-electron chi connectivity index (χ3n) is 5.37. The van der Waals surface area contributed by atoms with E-state index in [1.165, 1.54) is 17.8 Å². The molecule has 0 radical (unpaired) electrons. The Hall–Kier alpha value is -3.39. The summed E-state index contributed by atoms with van der Waals surface area (Å²) in [6.45, 7) is 5.60. The maximum atomic E-state index is 14.9. The molecule has 0 bridgehead atoms. The molecule has 4 rings (SSSR count). The number of ether oxygens (including phenoxy) is 1. The zero-order chi connectivity index (χ0) is 23.5. The Bertz CT molecular complexity index is 1190. The van der Waals surface area contributed by atoms with Gasteiger partial charge in [-0.2, -0.15) is 0 Å². The first kappa shape index (κ1) is 22.8. The van der Waals surface area contributed by atoms with Gasteiger partial charge in [-0.25, -0.2) is 14.2 Å². The van der Waals surface area contributed by atoms with Crippen LogP contribution in [0.5, 0.6) is 0 Å². The van der Waals surface area contributed by atoms with Gasteiger partial charge in [0.2, 0.25) is 5.91 Å². The van der Waals surface area contributed by atoms with E-state index >= 15 is 0 Å². The zero-order valence-corrected chi connectivity index (χ0v) is 19.4. The minimum absolute atomic E-state index is 0.0417. The van der Waals surface area contributed by atoms with Crippen molar-refractivity contribution in [2.45, 2.75) is 33.2 Å². The van der Waals surface area contributed by atoms with Crippen molar-refractivity contribution in [3.8, 4) is 0 Å². The standard InChI is InChI=1S/C25H24FN3O3S/c1-4-32-24(31)22-16(3)27-25-29(23(22)19-7-5-6-8-20(19)26)18(14-33-25)13-21(30)28-17-11-9-15(2)10-12-17/h5-12,14,23H,4,13H2,1-3H3,(H,28,30). The molecule has 2 heterocycles. The van der Waals surface area contributed by atoms with E-state index in [-0.39, 0.29) is 24.5 Å². The first-order chi connectivity index (χ1) is 15.9. The Morgan fingerprint density at radius 2 is 1.88 bits per heavy atom. The third-order valence-corrected chi connectivity index (χ3v) is 6.26. The molecule has 33 heavy (non-hydrogen) atoms. The summed E-state index contributed by atoms with van der Waals surface area (Å²) in [6.07, 6.45) is 0.0417. The average Bonchev–Trinajstić information content (AvgIpc) is 3.17. The summed E-state index contributed by atoms with van der Waals surface area (Å²) in [5, 5.41) is 5.30. The lowest BCUT2D eigenvalue weighted by molar-refractivity contribution is -0.139. The minimum atomic E-state index is -0.786. The number of thioether (sulfide) groups is 1. The summed E-state index contributed by atoms with van der Waals surface area (Å²) in [4.78, 5) is 32.0. The SMILES string of the molecule is CCOC(=O)C1=C(C)N=C2SC=C(CC(=O)Nc3ccc(C)cc3)N2C1c1ccccc1F. The Morgan fingerprint density at radius 3 is 2.58 bits per heavy atom. The fraction of sp³-hybridized carbons (Fsp3) is 0.240. The van der Waals surface area contributed by atoms with Crippen LogP contribution in [0.1, 0.15) is 37.4 Å². The first-order valence-corrected chi connectivity index (χ1v) is 11.5. The monoisotopic (exact) mass is 465 g/mol. The van der Waals surface area contributed by atoms with Crippen molar-refractivity contribution in [2.75, 3.05) is 11.9 Å². The second kappa shape index (κ2) is 9.62. The highest BCUT2D eigenvalue weighted by atomic mass is 32.2. The van der Waals surface area contributed by atoms with E-state index in [1.807, 2.05) is 36.6 Å². The molecule has 2 aromatic carbocycles. The predicted octanol–water partition coefficient (Wildman–Crippen LogP) is 5.30. The maximum Gasteiger partial charge on any atom is 0.338 e. The molecule has 0 saturated heterocycles. The Morgan fingerprint density at radius 1 is 1.15 bits per heavy atom. The van der Waals surface area contributed by atoms with Crippen LogP contribution in [0.15, 0.2) is 75.9 Å². The highest BCUT2D eigenvalue weighted by Crippen LogP contribution is 2.45. The summed E-state index contributed by atoms with van der Waals surface area (Å²) in [6, 6.07) is 13.0. The summed E-state index contributed by atoms with van der Waals surface area (Å²) in [5.41, 5.74) is 3.47. The number of rotatable bonds is 6. The number of amidine groups is 1. The number of fused-ring (bicyclic) bond motifs is 1. The molecule has 1 atom stereocenters. The van der Waals surface area contributed by atoms with Crippen molar-refractivity contribution in [3.05, 3.63) is 87.9 Å². The second-order valence-electron chi connectivity index (χ2n) is 7.73. The van der Waals surface area contributed by atoms with Gasteiger partial charge in [-0.3, -0.25) is 4.79 Å². The van der Waals surface area contributed by atoms with E-state index in [9.17, 15) is 14.0 Å². The van der Waals surface area contributed by atoms with Crippen molar-refractivity contribution in [1.82, 2.24) is 4.90 Å². The number of anilines is 1. The fourth-order valence-corrected chi connectivity index (χ4v) is 4.80. The maximum absolute atomic E-state index is 14.9. The summed E-state index contributed by atoms with van der Waals surface area (Å²) >= 11 is 1.34. The molecular formula is C25H24FN3O3S. The lowest BCUT2D eigenvalue weighted by atomic mass is 9.93. The van der Waals surface area contributed by atoms with Crippen LogP contribution >= 0.6 is 11.8 Å². The number of esters is 1. The number of aliphatic imine (C=N–C) groups is 1.